The maximum atomic E-state index is 12.4. The first kappa shape index (κ1) is 15.5. The molecular weight excluding hydrogens is 334 g/mol. The highest BCUT2D eigenvalue weighted by molar-refractivity contribution is 7.14. The van der Waals surface area contributed by atoms with E-state index in [1.165, 1.54) is 16.9 Å². The molecule has 0 unspecified atom stereocenters. The van der Waals surface area contributed by atoms with Crippen LogP contribution in [0.3, 0.4) is 0 Å². The van der Waals surface area contributed by atoms with E-state index in [0.29, 0.717) is 16.2 Å². The van der Waals surface area contributed by atoms with E-state index in [-0.39, 0.29) is 5.91 Å². The van der Waals surface area contributed by atoms with E-state index in [0.717, 1.165) is 23.2 Å². The number of thiazole rings is 1. The van der Waals surface area contributed by atoms with Crippen LogP contribution in [0.15, 0.2) is 47.8 Å². The van der Waals surface area contributed by atoms with Crippen LogP contribution in [0.2, 0.25) is 0 Å². The van der Waals surface area contributed by atoms with Gasteiger partial charge in [0.2, 0.25) is 0 Å². The summed E-state index contributed by atoms with van der Waals surface area (Å²) in [5.41, 5.74) is 5.08. The Kier molecular flexibility index (Phi) is 3.99. The van der Waals surface area contributed by atoms with Gasteiger partial charge in [-0.15, -0.1) is 11.3 Å². The lowest BCUT2D eigenvalue weighted by Gasteiger charge is -2.02. The second-order valence-electron chi connectivity index (χ2n) is 5.57. The van der Waals surface area contributed by atoms with Crippen molar-refractivity contribution in [2.75, 3.05) is 5.32 Å². The number of aryl methyl sites for hydroxylation is 1. The molecule has 124 valence electrons. The number of carbonyl (C=O) groups excluding carboxylic acids is 1. The van der Waals surface area contributed by atoms with E-state index in [9.17, 15) is 4.79 Å². The summed E-state index contributed by atoms with van der Waals surface area (Å²) < 4.78 is 0. The predicted octanol–water partition coefficient (Wildman–Crippen LogP) is 3.90. The Morgan fingerprint density at radius 3 is 2.72 bits per heavy atom. The van der Waals surface area contributed by atoms with Crippen LogP contribution in [0.5, 0.6) is 0 Å². The highest BCUT2D eigenvalue weighted by Gasteiger charge is 2.11. The van der Waals surface area contributed by atoms with Gasteiger partial charge < -0.3 is 0 Å². The molecule has 0 aliphatic heterocycles. The molecule has 2 heterocycles. The summed E-state index contributed by atoms with van der Waals surface area (Å²) in [6.45, 7) is 2.13. The third-order valence-electron chi connectivity index (χ3n) is 3.96. The van der Waals surface area contributed by atoms with Crippen LogP contribution < -0.4 is 5.32 Å². The molecule has 4 rings (SSSR count). The van der Waals surface area contributed by atoms with Gasteiger partial charge in [0.05, 0.1) is 5.69 Å². The normalized spacial score (nSPS) is 10.9. The molecule has 0 aliphatic carbocycles. The van der Waals surface area contributed by atoms with Gasteiger partial charge >= 0.3 is 0 Å². The first-order valence-corrected chi connectivity index (χ1v) is 8.77. The number of aromatic amines is 1. The SMILES string of the molecule is CCc1ccc(-c2csc(NC(=O)c3ccc4n[nH]nc4c3)n2)cc1. The van der Waals surface area contributed by atoms with Gasteiger partial charge in [-0.25, -0.2) is 4.98 Å². The van der Waals surface area contributed by atoms with E-state index in [2.05, 4.69) is 56.9 Å². The lowest BCUT2D eigenvalue weighted by Crippen LogP contribution is -2.11. The molecule has 2 aromatic heterocycles. The molecule has 2 aromatic carbocycles. The van der Waals surface area contributed by atoms with Crippen molar-refractivity contribution in [1.82, 2.24) is 20.4 Å². The summed E-state index contributed by atoms with van der Waals surface area (Å²) >= 11 is 1.41. The molecule has 0 bridgehead atoms. The summed E-state index contributed by atoms with van der Waals surface area (Å²) in [5, 5.41) is 15.9. The molecule has 0 spiro atoms. The molecule has 0 radical (unpaired) electrons. The van der Waals surface area contributed by atoms with Crippen LogP contribution in [0.1, 0.15) is 22.8 Å². The average molecular weight is 349 g/mol. The van der Waals surface area contributed by atoms with Gasteiger partial charge in [-0.1, -0.05) is 31.2 Å². The topological polar surface area (TPSA) is 83.6 Å². The molecule has 1 amide bonds. The van der Waals surface area contributed by atoms with Gasteiger partial charge in [0.15, 0.2) is 5.13 Å². The number of anilines is 1. The number of carbonyl (C=O) groups is 1. The summed E-state index contributed by atoms with van der Waals surface area (Å²) in [5.74, 6) is -0.216. The minimum atomic E-state index is -0.216. The third-order valence-corrected chi connectivity index (χ3v) is 4.72. The Morgan fingerprint density at radius 1 is 1.12 bits per heavy atom. The Balaban J connectivity index is 1.52. The minimum absolute atomic E-state index is 0.216. The van der Waals surface area contributed by atoms with Crippen molar-refractivity contribution in [3.8, 4) is 11.3 Å². The maximum absolute atomic E-state index is 12.4. The van der Waals surface area contributed by atoms with Gasteiger partial charge in [0, 0.05) is 16.5 Å². The summed E-state index contributed by atoms with van der Waals surface area (Å²) in [6, 6.07) is 13.5. The Bertz CT molecular complexity index is 1040. The second-order valence-corrected chi connectivity index (χ2v) is 6.43. The fraction of sp³-hybridized carbons (Fsp3) is 0.111. The van der Waals surface area contributed by atoms with Crippen molar-refractivity contribution >= 4 is 33.4 Å². The van der Waals surface area contributed by atoms with Gasteiger partial charge in [0.25, 0.3) is 5.91 Å². The number of H-pyrrole nitrogens is 1. The molecule has 0 atom stereocenters. The number of hydrogen-bond acceptors (Lipinski definition) is 5. The van der Waals surface area contributed by atoms with Crippen LogP contribution in [0.25, 0.3) is 22.3 Å². The first-order chi connectivity index (χ1) is 12.2. The molecule has 6 nitrogen and oxygen atoms in total. The number of benzene rings is 2. The lowest BCUT2D eigenvalue weighted by atomic mass is 10.1. The van der Waals surface area contributed by atoms with Crippen LogP contribution >= 0.6 is 11.3 Å². The largest absolute Gasteiger partial charge is 0.298 e. The number of hydrogen-bond donors (Lipinski definition) is 2. The van der Waals surface area contributed by atoms with Crippen molar-refractivity contribution in [3.63, 3.8) is 0 Å². The smallest absolute Gasteiger partial charge is 0.257 e. The molecule has 2 N–H and O–H groups in total. The van der Waals surface area contributed by atoms with Crippen LogP contribution in [0.4, 0.5) is 5.13 Å². The van der Waals surface area contributed by atoms with Gasteiger partial charge in [-0.2, -0.15) is 15.4 Å². The minimum Gasteiger partial charge on any atom is -0.298 e. The van der Waals surface area contributed by atoms with E-state index >= 15 is 0 Å². The zero-order chi connectivity index (χ0) is 17.2. The number of nitrogens with one attached hydrogen (secondary N) is 2. The molecule has 0 aliphatic rings. The number of aromatic nitrogens is 4. The number of nitrogens with zero attached hydrogens (tertiary/aromatic N) is 3. The van der Waals surface area contributed by atoms with Crippen molar-refractivity contribution in [2.24, 2.45) is 0 Å². The summed E-state index contributed by atoms with van der Waals surface area (Å²) in [6.07, 6.45) is 1.01. The zero-order valence-electron chi connectivity index (χ0n) is 13.5. The van der Waals surface area contributed by atoms with Crippen molar-refractivity contribution in [2.45, 2.75) is 13.3 Å². The van der Waals surface area contributed by atoms with E-state index in [1.54, 1.807) is 18.2 Å². The highest BCUT2D eigenvalue weighted by atomic mass is 32.1. The second kappa shape index (κ2) is 6.45. The standard InChI is InChI=1S/C18H15N5OS/c1-2-11-3-5-12(6-4-11)16-10-25-18(19-16)20-17(24)13-7-8-14-15(9-13)22-23-21-14/h3-10H,2H2,1H3,(H,19,20,24)(H,21,22,23). The van der Waals surface area contributed by atoms with Gasteiger partial charge in [-0.05, 0) is 30.2 Å². The Hall–Kier alpha value is -3.06. The van der Waals surface area contributed by atoms with Crippen LogP contribution in [0, 0.1) is 0 Å². The van der Waals surface area contributed by atoms with Gasteiger partial charge in [0.1, 0.15) is 11.0 Å². The van der Waals surface area contributed by atoms with E-state index < -0.39 is 0 Å². The first-order valence-electron chi connectivity index (χ1n) is 7.89. The number of fused-ring (bicyclic) bond motifs is 1. The van der Waals surface area contributed by atoms with Crippen LogP contribution in [-0.4, -0.2) is 26.3 Å². The number of amides is 1. The lowest BCUT2D eigenvalue weighted by molar-refractivity contribution is 0.102. The van der Waals surface area contributed by atoms with Crippen molar-refractivity contribution < 1.29 is 4.79 Å². The third kappa shape index (κ3) is 3.14. The molecule has 7 heteroatoms. The summed E-state index contributed by atoms with van der Waals surface area (Å²) in [4.78, 5) is 16.9. The molecule has 0 saturated heterocycles. The molecule has 0 fully saturated rings. The maximum Gasteiger partial charge on any atom is 0.257 e. The Morgan fingerprint density at radius 2 is 1.92 bits per heavy atom. The molecule has 4 aromatic rings. The average Bonchev–Trinajstić information content (AvgIpc) is 3.30. The van der Waals surface area contributed by atoms with Crippen molar-refractivity contribution in [1.29, 1.82) is 0 Å². The number of rotatable bonds is 4. The molecular formula is C18H15N5OS. The zero-order valence-corrected chi connectivity index (χ0v) is 14.3. The predicted molar refractivity (Wildman–Crippen MR) is 98.8 cm³/mol. The van der Waals surface area contributed by atoms with Crippen molar-refractivity contribution in [3.05, 3.63) is 59.0 Å². The highest BCUT2D eigenvalue weighted by Crippen LogP contribution is 2.25. The fourth-order valence-electron chi connectivity index (χ4n) is 2.53. The van der Waals surface area contributed by atoms with E-state index in [4.69, 9.17) is 0 Å². The van der Waals surface area contributed by atoms with Crippen LogP contribution in [-0.2, 0) is 6.42 Å². The summed E-state index contributed by atoms with van der Waals surface area (Å²) in [7, 11) is 0. The van der Waals surface area contributed by atoms with Gasteiger partial charge in [-0.3, -0.25) is 10.1 Å². The fourth-order valence-corrected chi connectivity index (χ4v) is 3.24. The molecule has 25 heavy (non-hydrogen) atoms. The Labute approximate surface area is 147 Å². The monoisotopic (exact) mass is 349 g/mol. The molecule has 0 saturated carbocycles. The quantitative estimate of drug-likeness (QED) is 0.585. The van der Waals surface area contributed by atoms with E-state index in [1.807, 2.05) is 5.38 Å².